The van der Waals surface area contributed by atoms with Crippen LogP contribution in [0.5, 0.6) is 0 Å². The van der Waals surface area contributed by atoms with Crippen LogP contribution in [0.2, 0.25) is 0 Å². The van der Waals surface area contributed by atoms with Crippen molar-refractivity contribution in [2.75, 3.05) is 0 Å². The monoisotopic (exact) mass is 550 g/mol. The van der Waals surface area contributed by atoms with Crippen LogP contribution in [0.3, 0.4) is 0 Å². The van der Waals surface area contributed by atoms with Crippen LogP contribution in [0.1, 0.15) is 34.3 Å². The summed E-state index contributed by atoms with van der Waals surface area (Å²) < 4.78 is 8.26. The van der Waals surface area contributed by atoms with Crippen LogP contribution in [0.15, 0.2) is 128 Å². The van der Waals surface area contributed by atoms with Crippen LogP contribution in [-0.2, 0) is 23.2 Å². The number of hydrogen-bond donors (Lipinski definition) is 0. The molecule has 0 amide bonds. The second kappa shape index (κ2) is 8.43. The summed E-state index contributed by atoms with van der Waals surface area (Å²) in [5, 5.41) is 2.61. The van der Waals surface area contributed by atoms with Gasteiger partial charge in [-0.15, -0.1) is 0 Å². The third-order valence-electron chi connectivity index (χ3n) is 7.90. The van der Waals surface area contributed by atoms with E-state index in [0.29, 0.717) is 0 Å². The minimum atomic E-state index is -1.13. The quantitative estimate of drug-likeness (QED) is 0.209. The third-order valence-corrected chi connectivity index (χ3v) is 11.4. The van der Waals surface area contributed by atoms with Gasteiger partial charge in [-0.25, -0.2) is 0 Å². The maximum absolute atomic E-state index is 2.51. The Morgan fingerprint density at radius 3 is 1.41 bits per heavy atom. The summed E-state index contributed by atoms with van der Waals surface area (Å²) in [6.07, 6.45) is 9.60. The van der Waals surface area contributed by atoms with Gasteiger partial charge in [0.25, 0.3) is 0 Å². The van der Waals surface area contributed by atoms with Crippen molar-refractivity contribution in [2.45, 2.75) is 12.1 Å². The van der Waals surface area contributed by atoms with E-state index in [1.54, 1.807) is 6.56 Å². The third kappa shape index (κ3) is 3.34. The van der Waals surface area contributed by atoms with Gasteiger partial charge in [0.15, 0.2) is 0 Å². The summed E-state index contributed by atoms with van der Waals surface area (Å²) >= 11 is -1.13. The fourth-order valence-electron chi connectivity index (χ4n) is 6.24. The Bertz CT molecular complexity index is 1750. The molecule has 2 atom stereocenters. The summed E-state index contributed by atoms with van der Waals surface area (Å²) in [7, 11) is 0. The molecular formula is C34H24N2Zr. The van der Waals surface area contributed by atoms with Crippen molar-refractivity contribution in [2.24, 2.45) is 0 Å². The predicted molar refractivity (Wildman–Crippen MR) is 149 cm³/mol. The van der Waals surface area contributed by atoms with Crippen molar-refractivity contribution in [3.05, 3.63) is 150 Å². The van der Waals surface area contributed by atoms with Crippen molar-refractivity contribution < 1.29 is 23.2 Å². The Morgan fingerprint density at radius 1 is 0.459 bits per heavy atom. The standard InChI is InChI=1S/2C17H12N.Zr/c2*1-3-7-15-13(5-1)9-10-17(15)18-12-11-14-6-2-4-8-16(14)18;/h2*1-9,11-12,17H;. The van der Waals surface area contributed by atoms with Crippen LogP contribution in [0.4, 0.5) is 0 Å². The maximum atomic E-state index is 2.51. The number of allylic oxidation sites excluding steroid dienone is 2. The first-order valence-corrected chi connectivity index (χ1v) is 15.3. The van der Waals surface area contributed by atoms with E-state index in [9.17, 15) is 0 Å². The van der Waals surface area contributed by atoms with Crippen molar-refractivity contribution in [1.82, 2.24) is 9.13 Å². The van der Waals surface area contributed by atoms with E-state index in [0.717, 1.165) is 0 Å². The molecule has 3 heteroatoms. The van der Waals surface area contributed by atoms with Gasteiger partial charge in [0, 0.05) is 0 Å². The molecule has 2 heterocycles. The number of aromatic nitrogens is 2. The second-order valence-corrected chi connectivity index (χ2v) is 13.4. The van der Waals surface area contributed by atoms with Crippen LogP contribution >= 0.6 is 0 Å². The summed E-state index contributed by atoms with van der Waals surface area (Å²) in [5.74, 6) is 0. The number of rotatable bonds is 4. The number of para-hydroxylation sites is 2. The molecule has 37 heavy (non-hydrogen) atoms. The molecule has 2 aromatic heterocycles. The Kier molecular flexibility index (Phi) is 4.88. The zero-order valence-electron chi connectivity index (χ0n) is 20.3. The SMILES string of the molecule is C1=[C]([Zr][C]2=Cc3ccccc3C2n2ccc3ccccc32)C(n2ccc3ccccc32)c2ccccc21. The van der Waals surface area contributed by atoms with E-state index in [4.69, 9.17) is 0 Å². The Hall–Kier alpha value is -3.68. The molecule has 0 bridgehead atoms. The molecule has 0 radical (unpaired) electrons. The fourth-order valence-corrected chi connectivity index (χ4v) is 10.3. The van der Waals surface area contributed by atoms with Crippen LogP contribution < -0.4 is 0 Å². The molecule has 0 saturated heterocycles. The summed E-state index contributed by atoms with van der Waals surface area (Å²) in [6.45, 7) is 0. The van der Waals surface area contributed by atoms with Crippen LogP contribution in [0.25, 0.3) is 34.0 Å². The zero-order valence-corrected chi connectivity index (χ0v) is 22.7. The van der Waals surface area contributed by atoms with Crippen molar-refractivity contribution in [1.29, 1.82) is 0 Å². The van der Waals surface area contributed by atoms with Gasteiger partial charge in [-0.1, -0.05) is 0 Å². The minimum absolute atomic E-state index is 0.273. The number of fused-ring (bicyclic) bond motifs is 4. The zero-order chi connectivity index (χ0) is 24.3. The van der Waals surface area contributed by atoms with Crippen LogP contribution in [0, 0.1) is 0 Å². The van der Waals surface area contributed by atoms with E-state index in [-0.39, 0.29) is 12.1 Å². The molecule has 0 aliphatic heterocycles. The molecule has 174 valence electrons. The summed E-state index contributed by atoms with van der Waals surface area (Å²) in [6, 6.07) is 40.6. The average molecular weight is 552 g/mol. The second-order valence-electron chi connectivity index (χ2n) is 9.95. The average Bonchev–Trinajstić information content (AvgIpc) is 3.70. The first-order chi connectivity index (χ1) is 18.3. The van der Waals surface area contributed by atoms with E-state index in [2.05, 4.69) is 143 Å². The molecule has 2 unspecified atom stereocenters. The summed E-state index contributed by atoms with van der Waals surface area (Å²) in [5.41, 5.74) is 8.23. The van der Waals surface area contributed by atoms with Gasteiger partial charge in [0.05, 0.1) is 0 Å². The first kappa shape index (κ1) is 21.4. The Balaban J connectivity index is 1.26. The Morgan fingerprint density at radius 2 is 0.892 bits per heavy atom. The Labute approximate surface area is 227 Å². The van der Waals surface area contributed by atoms with Gasteiger partial charge < -0.3 is 0 Å². The van der Waals surface area contributed by atoms with E-state index in [1.165, 1.54) is 44.1 Å². The van der Waals surface area contributed by atoms with Gasteiger partial charge in [-0.05, 0) is 0 Å². The molecule has 8 rings (SSSR count). The molecule has 6 aromatic rings. The van der Waals surface area contributed by atoms with Crippen molar-refractivity contribution >= 4 is 34.0 Å². The fraction of sp³-hybridized carbons (Fsp3) is 0.0588. The van der Waals surface area contributed by atoms with Gasteiger partial charge in [0.2, 0.25) is 0 Å². The van der Waals surface area contributed by atoms with E-state index in [1.807, 2.05) is 0 Å². The predicted octanol–water partition coefficient (Wildman–Crippen LogP) is 8.27. The molecule has 0 spiro atoms. The van der Waals surface area contributed by atoms with Gasteiger partial charge in [-0.2, -0.15) is 0 Å². The van der Waals surface area contributed by atoms with E-state index >= 15 is 0 Å². The number of nitrogens with zero attached hydrogens (tertiary/aromatic N) is 2. The first-order valence-electron chi connectivity index (χ1n) is 12.8. The van der Waals surface area contributed by atoms with Gasteiger partial charge in [0.1, 0.15) is 0 Å². The molecule has 0 saturated carbocycles. The molecule has 2 aliphatic carbocycles. The molecule has 0 N–H and O–H groups in total. The summed E-state index contributed by atoms with van der Waals surface area (Å²) in [4.78, 5) is 0. The van der Waals surface area contributed by atoms with E-state index < -0.39 is 23.2 Å². The van der Waals surface area contributed by atoms with Crippen molar-refractivity contribution in [3.8, 4) is 0 Å². The molecule has 2 nitrogen and oxygen atoms in total. The van der Waals surface area contributed by atoms with Gasteiger partial charge >= 0.3 is 229 Å². The van der Waals surface area contributed by atoms with Gasteiger partial charge in [-0.3, -0.25) is 0 Å². The normalized spacial score (nSPS) is 18.1. The molecular weight excluding hydrogens is 528 g/mol. The molecule has 0 fully saturated rings. The number of benzene rings is 4. The van der Waals surface area contributed by atoms with Crippen LogP contribution in [-0.4, -0.2) is 9.13 Å². The number of hydrogen-bond acceptors (Lipinski definition) is 0. The van der Waals surface area contributed by atoms with Crippen molar-refractivity contribution in [3.63, 3.8) is 0 Å². The topological polar surface area (TPSA) is 9.86 Å². The molecule has 4 aromatic carbocycles. The molecule has 2 aliphatic rings.